The second-order valence-electron chi connectivity index (χ2n) is 5.59. The van der Waals surface area contributed by atoms with Gasteiger partial charge in [-0.15, -0.1) is 0 Å². The van der Waals surface area contributed by atoms with E-state index in [-0.39, 0.29) is 5.97 Å². The van der Waals surface area contributed by atoms with Gasteiger partial charge >= 0.3 is 5.97 Å². The molecule has 3 heteroatoms. The first-order chi connectivity index (χ1) is 11.8. The molecule has 0 amide bonds. The number of fused-ring (bicyclic) bond motifs is 3. The first-order valence-corrected chi connectivity index (χ1v) is 7.74. The second kappa shape index (κ2) is 5.78. The van der Waals surface area contributed by atoms with Crippen LogP contribution in [0.2, 0.25) is 0 Å². The van der Waals surface area contributed by atoms with Gasteiger partial charge in [-0.3, -0.25) is 0 Å². The topological polar surface area (TPSA) is 38.7 Å². The van der Waals surface area contributed by atoms with E-state index in [1.807, 2.05) is 54.6 Å². The largest absolute Gasteiger partial charge is 0.465 e. The Bertz CT molecular complexity index is 959. The van der Waals surface area contributed by atoms with Gasteiger partial charge in [0.2, 0.25) is 0 Å². The fraction of sp³-hybridized carbons (Fsp3) is 0.0476. The van der Waals surface area contributed by atoms with E-state index >= 15 is 0 Å². The van der Waals surface area contributed by atoms with Crippen LogP contribution < -0.4 is 0 Å². The van der Waals surface area contributed by atoms with E-state index in [0.29, 0.717) is 5.56 Å². The second-order valence-corrected chi connectivity index (χ2v) is 5.59. The lowest BCUT2D eigenvalue weighted by Crippen LogP contribution is -2.04. The maximum absolute atomic E-state index is 11.9. The predicted octanol–water partition coefficient (Wildman–Crippen LogP) is 4.62. The highest BCUT2D eigenvalue weighted by Crippen LogP contribution is 2.38. The van der Waals surface area contributed by atoms with Gasteiger partial charge in [-0.2, -0.15) is 0 Å². The standard InChI is InChI=1S/C21H15NO2/c1-24-21(23)14-11-12-17-16-9-5-6-10-18(16)20(19(17)13-14)22-15-7-3-2-4-8-15/h2-13H,1H3. The summed E-state index contributed by atoms with van der Waals surface area (Å²) in [6.45, 7) is 0. The number of aliphatic imine (C=N–C) groups is 1. The molecule has 0 heterocycles. The Hall–Kier alpha value is -3.20. The summed E-state index contributed by atoms with van der Waals surface area (Å²) in [4.78, 5) is 16.7. The van der Waals surface area contributed by atoms with Gasteiger partial charge in [-0.1, -0.05) is 48.5 Å². The number of carbonyl (C=O) groups excluding carboxylic acids is 1. The van der Waals surface area contributed by atoms with Gasteiger partial charge in [0.15, 0.2) is 0 Å². The molecular formula is C21H15NO2. The lowest BCUT2D eigenvalue weighted by molar-refractivity contribution is 0.0600. The van der Waals surface area contributed by atoms with Gasteiger partial charge in [0, 0.05) is 11.1 Å². The summed E-state index contributed by atoms with van der Waals surface area (Å²) in [7, 11) is 1.39. The first kappa shape index (κ1) is 14.4. The molecule has 0 aliphatic heterocycles. The van der Waals surface area contributed by atoms with Crippen molar-refractivity contribution in [2.75, 3.05) is 7.11 Å². The molecule has 0 spiro atoms. The fourth-order valence-electron chi connectivity index (χ4n) is 3.04. The Morgan fingerprint density at radius 3 is 2.21 bits per heavy atom. The summed E-state index contributed by atoms with van der Waals surface area (Å²) >= 11 is 0. The fourth-order valence-corrected chi connectivity index (χ4v) is 3.04. The minimum absolute atomic E-state index is 0.340. The number of ether oxygens (including phenoxy) is 1. The van der Waals surface area contributed by atoms with Crippen molar-refractivity contribution in [1.82, 2.24) is 0 Å². The zero-order valence-corrected chi connectivity index (χ0v) is 13.2. The van der Waals surface area contributed by atoms with Crippen LogP contribution in [0.25, 0.3) is 11.1 Å². The van der Waals surface area contributed by atoms with Crippen molar-refractivity contribution in [2.24, 2.45) is 4.99 Å². The van der Waals surface area contributed by atoms with E-state index in [1.54, 1.807) is 6.07 Å². The van der Waals surface area contributed by atoms with Crippen molar-refractivity contribution in [3.8, 4) is 11.1 Å². The molecular weight excluding hydrogens is 298 g/mol. The van der Waals surface area contributed by atoms with Gasteiger partial charge in [0.25, 0.3) is 0 Å². The number of methoxy groups -OCH3 is 1. The molecule has 24 heavy (non-hydrogen) atoms. The first-order valence-electron chi connectivity index (χ1n) is 7.74. The maximum Gasteiger partial charge on any atom is 0.337 e. The molecule has 3 aromatic rings. The third-order valence-corrected chi connectivity index (χ3v) is 4.17. The molecule has 0 radical (unpaired) electrons. The number of hydrogen-bond donors (Lipinski definition) is 0. The Labute approximate surface area is 140 Å². The van der Waals surface area contributed by atoms with Crippen molar-refractivity contribution >= 4 is 17.4 Å². The Morgan fingerprint density at radius 1 is 0.792 bits per heavy atom. The predicted molar refractivity (Wildman–Crippen MR) is 95.0 cm³/mol. The molecule has 0 unspecified atom stereocenters. The van der Waals surface area contributed by atoms with Crippen LogP contribution in [0.15, 0.2) is 77.8 Å². The Kier molecular flexibility index (Phi) is 3.47. The van der Waals surface area contributed by atoms with Crippen LogP contribution in [0.1, 0.15) is 21.5 Å². The quantitative estimate of drug-likeness (QED) is 0.506. The number of hydrogen-bond acceptors (Lipinski definition) is 3. The number of para-hydroxylation sites is 1. The van der Waals surface area contributed by atoms with Crippen molar-refractivity contribution in [3.63, 3.8) is 0 Å². The van der Waals surface area contributed by atoms with Crippen LogP contribution in [0.4, 0.5) is 5.69 Å². The highest BCUT2D eigenvalue weighted by atomic mass is 16.5. The molecule has 3 nitrogen and oxygen atoms in total. The van der Waals surface area contributed by atoms with Crippen LogP contribution in [0.3, 0.4) is 0 Å². The highest BCUT2D eigenvalue weighted by molar-refractivity contribution is 6.25. The third kappa shape index (κ3) is 2.31. The monoisotopic (exact) mass is 313 g/mol. The van der Waals surface area contributed by atoms with Gasteiger partial charge in [-0.25, -0.2) is 9.79 Å². The van der Waals surface area contributed by atoms with E-state index < -0.39 is 0 Å². The molecule has 0 saturated heterocycles. The minimum Gasteiger partial charge on any atom is -0.465 e. The van der Waals surface area contributed by atoms with Crippen molar-refractivity contribution in [2.45, 2.75) is 0 Å². The van der Waals surface area contributed by atoms with E-state index in [1.165, 1.54) is 7.11 Å². The van der Waals surface area contributed by atoms with Gasteiger partial charge in [0.1, 0.15) is 0 Å². The van der Waals surface area contributed by atoms with Gasteiger partial charge in [0.05, 0.1) is 24.1 Å². The normalized spacial score (nSPS) is 13.5. The molecule has 116 valence electrons. The number of rotatable bonds is 2. The Morgan fingerprint density at radius 2 is 1.46 bits per heavy atom. The molecule has 4 rings (SSSR count). The zero-order valence-electron chi connectivity index (χ0n) is 13.2. The molecule has 0 bridgehead atoms. The summed E-state index contributed by atoms with van der Waals surface area (Å²) in [6.07, 6.45) is 0. The van der Waals surface area contributed by atoms with Crippen LogP contribution in [0.5, 0.6) is 0 Å². The summed E-state index contributed by atoms with van der Waals surface area (Å²) in [5, 5.41) is 0. The number of nitrogens with zero attached hydrogens (tertiary/aromatic N) is 1. The zero-order chi connectivity index (χ0) is 16.5. The van der Waals surface area contributed by atoms with Crippen molar-refractivity contribution in [3.05, 3.63) is 89.5 Å². The highest BCUT2D eigenvalue weighted by Gasteiger charge is 2.25. The number of benzene rings is 3. The molecule has 1 aliphatic carbocycles. The molecule has 3 aromatic carbocycles. The van der Waals surface area contributed by atoms with Crippen LogP contribution >= 0.6 is 0 Å². The van der Waals surface area contributed by atoms with Crippen molar-refractivity contribution < 1.29 is 9.53 Å². The Balaban J connectivity index is 1.94. The van der Waals surface area contributed by atoms with E-state index in [9.17, 15) is 4.79 Å². The summed E-state index contributed by atoms with van der Waals surface area (Å²) < 4.78 is 4.85. The van der Waals surface area contributed by atoms with Crippen LogP contribution in [-0.2, 0) is 4.74 Å². The van der Waals surface area contributed by atoms with Crippen molar-refractivity contribution in [1.29, 1.82) is 0 Å². The van der Waals surface area contributed by atoms with E-state index in [2.05, 4.69) is 12.1 Å². The molecule has 0 saturated carbocycles. The molecule has 0 N–H and O–H groups in total. The summed E-state index contributed by atoms with van der Waals surface area (Å²) in [5.74, 6) is -0.340. The van der Waals surface area contributed by atoms with Gasteiger partial charge < -0.3 is 4.74 Å². The minimum atomic E-state index is -0.340. The van der Waals surface area contributed by atoms with Crippen LogP contribution in [0, 0.1) is 0 Å². The molecule has 0 fully saturated rings. The number of esters is 1. The summed E-state index contributed by atoms with van der Waals surface area (Å²) in [6, 6.07) is 23.6. The van der Waals surface area contributed by atoms with E-state index in [4.69, 9.17) is 9.73 Å². The number of carbonyl (C=O) groups is 1. The molecule has 1 aliphatic rings. The lowest BCUT2D eigenvalue weighted by atomic mass is 10.0. The average molecular weight is 313 g/mol. The molecule has 0 aromatic heterocycles. The molecule has 0 atom stereocenters. The van der Waals surface area contributed by atoms with E-state index in [0.717, 1.165) is 33.7 Å². The average Bonchev–Trinajstić information content (AvgIpc) is 2.95. The smallest absolute Gasteiger partial charge is 0.337 e. The maximum atomic E-state index is 11.9. The van der Waals surface area contributed by atoms with Crippen LogP contribution in [-0.4, -0.2) is 18.8 Å². The summed E-state index contributed by atoms with van der Waals surface area (Å²) in [5.41, 5.74) is 6.58. The lowest BCUT2D eigenvalue weighted by Gasteiger charge is -2.05. The van der Waals surface area contributed by atoms with Gasteiger partial charge in [-0.05, 0) is 35.4 Å². The SMILES string of the molecule is COC(=O)c1ccc2c(c1)C(=Nc1ccccc1)c1ccccc1-2. The third-order valence-electron chi connectivity index (χ3n) is 4.17.